The molecule has 3 N–H and O–H groups in total. The van der Waals surface area contributed by atoms with Crippen LogP contribution < -0.4 is 16.2 Å². The highest BCUT2D eigenvalue weighted by Crippen LogP contribution is 2.25. The molecule has 1 fully saturated rings. The van der Waals surface area contributed by atoms with Gasteiger partial charge in [0.15, 0.2) is 0 Å². The lowest BCUT2D eigenvalue weighted by Crippen LogP contribution is -2.22. The van der Waals surface area contributed by atoms with Crippen LogP contribution in [-0.4, -0.2) is 38.0 Å². The molecule has 20 heavy (non-hydrogen) atoms. The molecule has 8 nitrogen and oxygen atoms in total. The van der Waals surface area contributed by atoms with Crippen molar-refractivity contribution in [2.75, 3.05) is 23.4 Å². The molecule has 0 aliphatic carbocycles. The number of aromatic nitrogens is 5. The van der Waals surface area contributed by atoms with Crippen LogP contribution in [-0.2, 0) is 0 Å². The van der Waals surface area contributed by atoms with Crippen LogP contribution in [0.4, 0.5) is 11.9 Å². The van der Waals surface area contributed by atoms with Gasteiger partial charge in [-0.25, -0.2) is 10.8 Å². The molecule has 9 heteroatoms. The summed E-state index contributed by atoms with van der Waals surface area (Å²) in [5, 5.41) is 1.28. The molecule has 2 aromatic rings. The molecule has 0 aromatic carbocycles. The van der Waals surface area contributed by atoms with E-state index in [4.69, 9.17) is 5.84 Å². The third-order valence-electron chi connectivity index (χ3n) is 2.86. The fourth-order valence-corrected chi connectivity index (χ4v) is 2.62. The van der Waals surface area contributed by atoms with Crippen molar-refractivity contribution < 1.29 is 0 Å². The monoisotopic (exact) mass is 290 g/mol. The predicted octanol–water partition coefficient (Wildman–Crippen LogP) is 0.699. The van der Waals surface area contributed by atoms with E-state index in [0.717, 1.165) is 31.0 Å². The summed E-state index contributed by atoms with van der Waals surface area (Å²) in [7, 11) is 0. The van der Waals surface area contributed by atoms with Crippen LogP contribution in [0.15, 0.2) is 28.8 Å². The topological polar surface area (TPSA) is 106 Å². The van der Waals surface area contributed by atoms with Gasteiger partial charge in [0.25, 0.3) is 0 Å². The van der Waals surface area contributed by atoms with Crippen LogP contribution in [0.3, 0.4) is 0 Å². The number of hydrazine groups is 1. The molecule has 1 aliphatic rings. The minimum atomic E-state index is 0.355. The largest absolute Gasteiger partial charge is 0.341 e. The fraction of sp³-hybridized carbons (Fsp3) is 0.364. The summed E-state index contributed by atoms with van der Waals surface area (Å²) in [6, 6.07) is 0. The average molecular weight is 290 g/mol. The number of nitrogen functional groups attached to an aromatic ring is 1. The maximum atomic E-state index is 5.42. The molecule has 3 heterocycles. The number of rotatable bonds is 4. The molecule has 3 rings (SSSR count). The van der Waals surface area contributed by atoms with Gasteiger partial charge in [0.2, 0.25) is 17.1 Å². The molecule has 2 aromatic heterocycles. The van der Waals surface area contributed by atoms with Gasteiger partial charge in [-0.2, -0.15) is 15.0 Å². The van der Waals surface area contributed by atoms with Crippen molar-refractivity contribution in [2.45, 2.75) is 23.0 Å². The first-order chi connectivity index (χ1) is 9.85. The Morgan fingerprint density at radius 1 is 1.15 bits per heavy atom. The van der Waals surface area contributed by atoms with Gasteiger partial charge in [-0.1, -0.05) is 0 Å². The smallest absolute Gasteiger partial charge is 0.242 e. The summed E-state index contributed by atoms with van der Waals surface area (Å²) in [5.41, 5.74) is 2.48. The Kier molecular flexibility index (Phi) is 3.88. The highest BCUT2D eigenvalue weighted by atomic mass is 32.2. The van der Waals surface area contributed by atoms with E-state index < -0.39 is 0 Å². The minimum absolute atomic E-state index is 0.355. The lowest BCUT2D eigenvalue weighted by molar-refractivity contribution is 0.826. The molecule has 0 amide bonds. The number of nitrogens with two attached hydrogens (primary N) is 1. The molecule has 1 aliphatic heterocycles. The number of anilines is 2. The number of nitrogens with zero attached hydrogens (tertiary/aromatic N) is 6. The first kappa shape index (κ1) is 13.0. The van der Waals surface area contributed by atoms with Crippen molar-refractivity contribution in [3.63, 3.8) is 0 Å². The van der Waals surface area contributed by atoms with E-state index in [-0.39, 0.29) is 0 Å². The molecule has 0 unspecified atom stereocenters. The van der Waals surface area contributed by atoms with E-state index in [1.165, 1.54) is 11.8 Å². The van der Waals surface area contributed by atoms with Gasteiger partial charge in [0.1, 0.15) is 5.03 Å². The van der Waals surface area contributed by atoms with Crippen molar-refractivity contribution >= 4 is 23.7 Å². The second-order valence-corrected chi connectivity index (χ2v) is 5.21. The zero-order valence-corrected chi connectivity index (χ0v) is 11.5. The molecule has 0 spiro atoms. The molecular weight excluding hydrogens is 276 g/mol. The highest BCUT2D eigenvalue weighted by molar-refractivity contribution is 7.99. The van der Waals surface area contributed by atoms with E-state index in [0.29, 0.717) is 17.1 Å². The standard InChI is InChI=1S/C11H14N8S/c12-18-9-15-10(19-5-1-2-6-19)17-11(16-9)20-8-7-13-3-4-14-8/h3-4,7H,1-2,5-6,12H2,(H,15,16,17,18). The predicted molar refractivity (Wildman–Crippen MR) is 75.2 cm³/mol. The third kappa shape index (κ3) is 2.94. The normalized spacial score (nSPS) is 14.6. The van der Waals surface area contributed by atoms with Crippen molar-refractivity contribution in [1.82, 2.24) is 24.9 Å². The molecular formula is C11H14N8S. The minimum Gasteiger partial charge on any atom is -0.341 e. The summed E-state index contributed by atoms with van der Waals surface area (Å²) >= 11 is 1.33. The van der Waals surface area contributed by atoms with E-state index >= 15 is 0 Å². The Bertz CT molecular complexity index is 572. The fourth-order valence-electron chi connectivity index (χ4n) is 1.95. The van der Waals surface area contributed by atoms with Gasteiger partial charge in [0, 0.05) is 25.5 Å². The lowest BCUT2D eigenvalue weighted by Gasteiger charge is -2.15. The molecule has 0 saturated carbocycles. The van der Waals surface area contributed by atoms with Crippen molar-refractivity contribution in [1.29, 1.82) is 0 Å². The van der Waals surface area contributed by atoms with Crippen LogP contribution in [0.2, 0.25) is 0 Å². The lowest BCUT2D eigenvalue weighted by atomic mass is 10.4. The Morgan fingerprint density at radius 2 is 2.00 bits per heavy atom. The van der Waals surface area contributed by atoms with Gasteiger partial charge >= 0.3 is 0 Å². The zero-order valence-electron chi connectivity index (χ0n) is 10.7. The molecule has 0 atom stereocenters. The Morgan fingerprint density at radius 3 is 2.70 bits per heavy atom. The van der Waals surface area contributed by atoms with E-state index in [9.17, 15) is 0 Å². The number of hydrogen-bond donors (Lipinski definition) is 2. The van der Waals surface area contributed by atoms with E-state index in [1.54, 1.807) is 18.6 Å². The maximum absolute atomic E-state index is 5.42. The molecule has 1 saturated heterocycles. The van der Waals surface area contributed by atoms with E-state index in [2.05, 4.69) is 35.2 Å². The van der Waals surface area contributed by atoms with Crippen molar-refractivity contribution in [2.24, 2.45) is 5.84 Å². The van der Waals surface area contributed by atoms with Crippen LogP contribution in [0.1, 0.15) is 12.8 Å². The molecule has 104 valence electrons. The van der Waals surface area contributed by atoms with Gasteiger partial charge in [-0.05, 0) is 24.6 Å². The summed E-state index contributed by atoms with van der Waals surface area (Å²) < 4.78 is 0. The van der Waals surface area contributed by atoms with Gasteiger partial charge in [-0.15, -0.1) is 0 Å². The molecule has 0 radical (unpaired) electrons. The van der Waals surface area contributed by atoms with Crippen LogP contribution in [0.25, 0.3) is 0 Å². The number of hydrogen-bond acceptors (Lipinski definition) is 9. The highest BCUT2D eigenvalue weighted by Gasteiger charge is 2.17. The SMILES string of the molecule is NNc1nc(Sc2cnccn2)nc(N2CCCC2)n1. The van der Waals surface area contributed by atoms with Crippen molar-refractivity contribution in [3.8, 4) is 0 Å². The van der Waals surface area contributed by atoms with Crippen LogP contribution in [0, 0.1) is 0 Å². The zero-order chi connectivity index (χ0) is 13.8. The summed E-state index contributed by atoms with van der Waals surface area (Å²) in [5.74, 6) is 6.43. The average Bonchev–Trinajstić information content (AvgIpc) is 3.02. The number of nitrogens with one attached hydrogen (secondary N) is 1. The van der Waals surface area contributed by atoms with Crippen LogP contribution in [0.5, 0.6) is 0 Å². The Labute approximate surface area is 120 Å². The Hall–Kier alpha value is -2.00. The first-order valence-corrected chi connectivity index (χ1v) is 7.08. The van der Waals surface area contributed by atoms with Crippen molar-refractivity contribution in [3.05, 3.63) is 18.6 Å². The third-order valence-corrected chi connectivity index (χ3v) is 3.64. The Balaban J connectivity index is 1.87. The summed E-state index contributed by atoms with van der Waals surface area (Å²) in [4.78, 5) is 23.3. The summed E-state index contributed by atoms with van der Waals surface area (Å²) in [6.45, 7) is 1.92. The maximum Gasteiger partial charge on any atom is 0.242 e. The second kappa shape index (κ2) is 5.97. The van der Waals surface area contributed by atoms with Gasteiger partial charge < -0.3 is 4.90 Å². The molecule has 0 bridgehead atoms. The van der Waals surface area contributed by atoms with Gasteiger partial charge in [0.05, 0.1) is 6.20 Å². The summed E-state index contributed by atoms with van der Waals surface area (Å²) in [6.07, 6.45) is 7.24. The first-order valence-electron chi connectivity index (χ1n) is 6.26. The van der Waals surface area contributed by atoms with Crippen LogP contribution >= 0.6 is 11.8 Å². The van der Waals surface area contributed by atoms with Gasteiger partial charge in [-0.3, -0.25) is 10.4 Å². The van der Waals surface area contributed by atoms with E-state index in [1.807, 2.05) is 0 Å². The quantitative estimate of drug-likeness (QED) is 0.621. The second-order valence-electron chi connectivity index (χ2n) is 4.23.